The third-order valence-electron chi connectivity index (χ3n) is 12.5. The molecule has 0 bridgehead atoms. The molecule has 2 amide bonds. The molecule has 1 aromatic carbocycles. The largest absolute Gasteiger partial charge is 0.355 e. The number of nitrogens with one attached hydrogen (secondary N) is 2. The average molecular weight is 640 g/mol. The van der Waals surface area contributed by atoms with E-state index in [1.165, 1.54) is 64.2 Å². The van der Waals surface area contributed by atoms with Crippen LogP contribution in [-0.2, 0) is 16.0 Å². The quantitative estimate of drug-likeness (QED) is 0.261. The Labute approximate surface area is 282 Å². The highest BCUT2D eigenvalue weighted by Gasteiger charge is 2.51. The molecule has 4 aliphatic rings. The molecule has 4 fully saturated rings. The second kappa shape index (κ2) is 16.3. The summed E-state index contributed by atoms with van der Waals surface area (Å²) in [5.41, 5.74) is 2.86. The average Bonchev–Trinajstić information content (AvgIpc) is 3.50. The van der Waals surface area contributed by atoms with E-state index in [4.69, 9.17) is 5.26 Å². The number of aromatic nitrogens is 2. The zero-order chi connectivity index (χ0) is 32.6. The third-order valence-corrected chi connectivity index (χ3v) is 12.5. The minimum absolute atomic E-state index is 0.0206. The second-order valence-corrected chi connectivity index (χ2v) is 15.4. The summed E-state index contributed by atoms with van der Waals surface area (Å²) in [6.07, 6.45) is 24.8. The molecule has 0 spiro atoms. The first-order valence-corrected chi connectivity index (χ1v) is 19.1. The summed E-state index contributed by atoms with van der Waals surface area (Å²) in [5, 5.41) is 15.9. The Bertz CT molecular complexity index is 1350. The first-order valence-electron chi connectivity index (χ1n) is 19.1. The number of nitriles is 1. The van der Waals surface area contributed by atoms with Crippen LogP contribution in [0.1, 0.15) is 139 Å². The number of carbonyl (C=O) groups excluding carboxylic acids is 2. The van der Waals surface area contributed by atoms with E-state index in [1.54, 1.807) is 0 Å². The van der Waals surface area contributed by atoms with E-state index in [-0.39, 0.29) is 29.7 Å². The van der Waals surface area contributed by atoms with Crippen molar-refractivity contribution in [2.75, 3.05) is 6.54 Å². The fourth-order valence-corrected chi connectivity index (χ4v) is 9.42. The summed E-state index contributed by atoms with van der Waals surface area (Å²) in [4.78, 5) is 31.8. The van der Waals surface area contributed by atoms with Crippen LogP contribution in [0.4, 0.5) is 0 Å². The van der Waals surface area contributed by atoms with Crippen molar-refractivity contribution in [3.63, 3.8) is 0 Å². The number of imidazole rings is 1. The fourth-order valence-electron chi connectivity index (χ4n) is 9.42. The Morgan fingerprint density at radius 2 is 1.57 bits per heavy atom. The van der Waals surface area contributed by atoms with Gasteiger partial charge >= 0.3 is 0 Å². The van der Waals surface area contributed by atoms with Crippen LogP contribution in [0.15, 0.2) is 36.8 Å². The smallest absolute Gasteiger partial charge is 0.223 e. The Kier molecular flexibility index (Phi) is 11.7. The molecule has 6 atom stereocenters. The molecule has 0 aliphatic heterocycles. The molecule has 4 saturated carbocycles. The van der Waals surface area contributed by atoms with Gasteiger partial charge in [-0.1, -0.05) is 69.9 Å². The summed E-state index contributed by atoms with van der Waals surface area (Å²) in [6.45, 7) is 2.71. The van der Waals surface area contributed by atoms with Gasteiger partial charge in [-0.05, 0) is 99.7 Å². The van der Waals surface area contributed by atoms with Gasteiger partial charge in [0.25, 0.3) is 0 Å². The molecular weight excluding hydrogens is 582 g/mol. The molecule has 7 nitrogen and oxygen atoms in total. The van der Waals surface area contributed by atoms with E-state index < -0.39 is 0 Å². The predicted molar refractivity (Wildman–Crippen MR) is 185 cm³/mol. The number of nitrogens with zero attached hydrogens (tertiary/aromatic N) is 3. The Hall–Kier alpha value is -3.14. The van der Waals surface area contributed by atoms with Gasteiger partial charge in [-0.15, -0.1) is 0 Å². The van der Waals surface area contributed by atoms with Crippen LogP contribution in [0.5, 0.6) is 0 Å². The molecule has 47 heavy (non-hydrogen) atoms. The Morgan fingerprint density at radius 3 is 2.32 bits per heavy atom. The van der Waals surface area contributed by atoms with Gasteiger partial charge in [-0.3, -0.25) is 9.59 Å². The number of amides is 2. The molecule has 6 rings (SSSR count). The SMILES string of the molecule is CC(c1ccc(C#N)cc1)n1cncc1CCNC(=O)C1CCC(C(=O)NC2CCCCC2)CCC2C(CCC3CCCCC3)C2C1. The van der Waals surface area contributed by atoms with Crippen LogP contribution in [0.25, 0.3) is 0 Å². The second-order valence-electron chi connectivity index (χ2n) is 15.4. The van der Waals surface area contributed by atoms with E-state index in [0.717, 1.165) is 68.0 Å². The molecule has 0 radical (unpaired) electrons. The molecule has 7 heteroatoms. The first kappa shape index (κ1) is 33.7. The lowest BCUT2D eigenvalue weighted by atomic mass is 9.84. The zero-order valence-electron chi connectivity index (χ0n) is 28.7. The van der Waals surface area contributed by atoms with Gasteiger partial charge in [-0.25, -0.2) is 4.98 Å². The van der Waals surface area contributed by atoms with Crippen LogP contribution < -0.4 is 10.6 Å². The third kappa shape index (κ3) is 8.86. The molecule has 0 saturated heterocycles. The van der Waals surface area contributed by atoms with Crippen LogP contribution in [-0.4, -0.2) is 34.0 Å². The van der Waals surface area contributed by atoms with Crippen LogP contribution in [0, 0.1) is 46.8 Å². The summed E-state index contributed by atoms with van der Waals surface area (Å²) < 4.78 is 2.16. The maximum absolute atomic E-state index is 13.8. The Morgan fingerprint density at radius 1 is 0.872 bits per heavy atom. The lowest BCUT2D eigenvalue weighted by Gasteiger charge is -2.26. The van der Waals surface area contributed by atoms with Crippen molar-refractivity contribution in [3.05, 3.63) is 53.6 Å². The van der Waals surface area contributed by atoms with Gasteiger partial charge in [0.2, 0.25) is 11.8 Å². The number of fused-ring (bicyclic) bond motifs is 1. The van der Waals surface area contributed by atoms with Crippen LogP contribution in [0.3, 0.4) is 0 Å². The van der Waals surface area contributed by atoms with Gasteiger partial charge in [0.15, 0.2) is 0 Å². The topological polar surface area (TPSA) is 99.8 Å². The van der Waals surface area contributed by atoms with E-state index in [2.05, 4.69) is 33.2 Å². The zero-order valence-corrected chi connectivity index (χ0v) is 28.7. The number of hydrogen-bond donors (Lipinski definition) is 2. The van der Waals surface area contributed by atoms with Crippen LogP contribution >= 0.6 is 0 Å². The molecule has 4 aliphatic carbocycles. The number of rotatable bonds is 11. The Balaban J connectivity index is 1.06. The van der Waals surface area contributed by atoms with Crippen molar-refractivity contribution in [1.82, 2.24) is 20.2 Å². The highest BCUT2D eigenvalue weighted by atomic mass is 16.2. The van der Waals surface area contributed by atoms with Gasteiger partial charge in [0.1, 0.15) is 0 Å². The summed E-state index contributed by atoms with van der Waals surface area (Å²) in [6, 6.07) is 10.3. The van der Waals surface area contributed by atoms with Crippen molar-refractivity contribution >= 4 is 11.8 Å². The van der Waals surface area contributed by atoms with Gasteiger partial charge < -0.3 is 15.2 Å². The molecule has 6 unspecified atom stereocenters. The molecular formula is C40H57N5O2. The number of carbonyl (C=O) groups is 2. The van der Waals surface area contributed by atoms with Gasteiger partial charge in [-0.2, -0.15) is 5.26 Å². The number of benzene rings is 1. The van der Waals surface area contributed by atoms with E-state index in [9.17, 15) is 9.59 Å². The minimum Gasteiger partial charge on any atom is -0.355 e. The molecule has 2 aromatic rings. The van der Waals surface area contributed by atoms with E-state index in [0.29, 0.717) is 36.4 Å². The van der Waals surface area contributed by atoms with E-state index >= 15 is 0 Å². The highest BCUT2D eigenvalue weighted by Crippen LogP contribution is 2.57. The fraction of sp³-hybridized carbons (Fsp3) is 0.700. The van der Waals surface area contributed by atoms with Crippen molar-refractivity contribution in [2.24, 2.45) is 35.5 Å². The monoisotopic (exact) mass is 639 g/mol. The number of hydrogen-bond acceptors (Lipinski definition) is 4. The molecule has 254 valence electrons. The maximum Gasteiger partial charge on any atom is 0.223 e. The van der Waals surface area contributed by atoms with Crippen molar-refractivity contribution in [2.45, 2.75) is 135 Å². The first-order chi connectivity index (χ1) is 23.0. The summed E-state index contributed by atoms with van der Waals surface area (Å²) in [7, 11) is 0. The predicted octanol–water partition coefficient (Wildman–Crippen LogP) is 7.89. The van der Waals surface area contributed by atoms with Crippen molar-refractivity contribution in [3.8, 4) is 6.07 Å². The molecule has 1 aromatic heterocycles. The standard InChI is InChI=1S/C40H57N5O2/c1-28(31-15-12-30(25-41)13-16-31)45-27-42-26-35(45)22-23-43-39(46)33-18-17-32(40(47)44-34-10-6-3-7-11-34)19-21-37-36(38(37)24-33)20-14-29-8-4-2-5-9-29/h12-13,15-16,26-29,32-34,36-38H,2-11,14,17-24H2,1H3,(H,43,46)(H,44,47). The van der Waals surface area contributed by atoms with E-state index in [1.807, 2.05) is 36.8 Å². The van der Waals surface area contributed by atoms with Crippen LogP contribution in [0.2, 0.25) is 0 Å². The van der Waals surface area contributed by atoms with Gasteiger partial charge in [0, 0.05) is 42.7 Å². The summed E-state index contributed by atoms with van der Waals surface area (Å²) >= 11 is 0. The maximum atomic E-state index is 13.8. The van der Waals surface area contributed by atoms with Crippen molar-refractivity contribution < 1.29 is 9.59 Å². The molecule has 1 heterocycles. The highest BCUT2D eigenvalue weighted by molar-refractivity contribution is 5.80. The van der Waals surface area contributed by atoms with Gasteiger partial charge in [0.05, 0.1) is 24.0 Å². The lowest BCUT2D eigenvalue weighted by molar-refractivity contribution is -0.128. The van der Waals surface area contributed by atoms with Crippen molar-refractivity contribution in [1.29, 1.82) is 5.26 Å². The normalized spacial score (nSPS) is 27.7. The molecule has 2 N–H and O–H groups in total. The summed E-state index contributed by atoms with van der Waals surface area (Å²) in [5.74, 6) is 3.40. The minimum atomic E-state index is -0.0206. The lowest BCUT2D eigenvalue weighted by Crippen LogP contribution is -2.40.